The van der Waals surface area contributed by atoms with E-state index in [1.54, 1.807) is 12.3 Å². The number of aromatic nitrogens is 1. The van der Waals surface area contributed by atoms with E-state index in [-0.39, 0.29) is 5.56 Å². The van der Waals surface area contributed by atoms with E-state index in [9.17, 15) is 4.79 Å². The van der Waals surface area contributed by atoms with Crippen LogP contribution >= 0.6 is 27.7 Å². The number of thioether (sulfide) groups is 1. The van der Waals surface area contributed by atoms with Crippen LogP contribution in [0.4, 0.5) is 0 Å². The first-order chi connectivity index (χ1) is 7.41. The molecule has 1 aromatic heterocycles. The third-order valence-electron chi connectivity index (χ3n) is 2.28. The van der Waals surface area contributed by atoms with Crippen molar-refractivity contribution in [2.75, 3.05) is 0 Å². The highest BCUT2D eigenvalue weighted by Gasteiger charge is 2.17. The molecule has 0 aromatic carbocycles. The highest BCUT2D eigenvalue weighted by molar-refractivity contribution is 9.10. The molecule has 16 heavy (non-hydrogen) atoms. The second-order valence-corrected chi connectivity index (χ2v) is 6.16. The molecule has 88 valence electrons. The molecule has 1 unspecified atom stereocenters. The highest BCUT2D eigenvalue weighted by Crippen LogP contribution is 2.30. The molecule has 5 heteroatoms. The Balaban J connectivity index is 2.99. The van der Waals surface area contributed by atoms with E-state index in [0.29, 0.717) is 20.7 Å². The van der Waals surface area contributed by atoms with Crippen LogP contribution in [-0.4, -0.2) is 21.3 Å². The lowest BCUT2D eigenvalue weighted by atomic mass is 10.2. The summed E-state index contributed by atoms with van der Waals surface area (Å²) in [6, 6.07) is 1.59. The fraction of sp³-hybridized carbons (Fsp3) is 0.455. The van der Waals surface area contributed by atoms with Crippen LogP contribution in [-0.2, 0) is 0 Å². The summed E-state index contributed by atoms with van der Waals surface area (Å²) in [5.74, 6) is -0.454. The van der Waals surface area contributed by atoms with Gasteiger partial charge in [-0.15, -0.1) is 11.8 Å². The average Bonchev–Trinajstić information content (AvgIpc) is 2.20. The Hall–Kier alpha value is -0.550. The molecule has 1 atom stereocenters. The van der Waals surface area contributed by atoms with E-state index < -0.39 is 5.97 Å². The maximum Gasteiger partial charge on any atom is 0.338 e. The van der Waals surface area contributed by atoms with Crippen LogP contribution in [0.5, 0.6) is 0 Å². The first-order valence-electron chi connectivity index (χ1n) is 4.97. The molecule has 3 nitrogen and oxygen atoms in total. The Morgan fingerprint density at radius 1 is 1.50 bits per heavy atom. The van der Waals surface area contributed by atoms with Crippen molar-refractivity contribution in [1.29, 1.82) is 0 Å². The molecule has 0 radical (unpaired) electrons. The Morgan fingerprint density at radius 2 is 2.12 bits per heavy atom. The minimum absolute atomic E-state index is 0.256. The van der Waals surface area contributed by atoms with Gasteiger partial charge < -0.3 is 5.11 Å². The highest BCUT2D eigenvalue weighted by atomic mass is 79.9. The summed E-state index contributed by atoms with van der Waals surface area (Å²) in [6.07, 6.45) is 1.63. The van der Waals surface area contributed by atoms with Crippen LogP contribution in [0, 0.1) is 5.92 Å². The van der Waals surface area contributed by atoms with Crippen LogP contribution in [0.25, 0.3) is 0 Å². The summed E-state index contributed by atoms with van der Waals surface area (Å²) in [7, 11) is 0. The van der Waals surface area contributed by atoms with Crippen molar-refractivity contribution < 1.29 is 9.90 Å². The molecule has 1 aromatic rings. The lowest BCUT2D eigenvalue weighted by molar-refractivity contribution is 0.0692. The number of hydrogen-bond acceptors (Lipinski definition) is 3. The summed E-state index contributed by atoms with van der Waals surface area (Å²) in [5.41, 5.74) is 0.256. The first kappa shape index (κ1) is 13.5. The van der Waals surface area contributed by atoms with Gasteiger partial charge in [0, 0.05) is 15.9 Å². The maximum absolute atomic E-state index is 11.1. The number of carboxylic acid groups (broad SMARTS) is 1. The fourth-order valence-corrected chi connectivity index (χ4v) is 2.33. The molecule has 0 aliphatic heterocycles. The zero-order valence-corrected chi connectivity index (χ0v) is 11.8. The predicted octanol–water partition coefficient (Wildman–Crippen LogP) is 3.68. The first-order valence-corrected chi connectivity index (χ1v) is 6.64. The molecule has 0 aliphatic carbocycles. The van der Waals surface area contributed by atoms with Crippen molar-refractivity contribution in [2.24, 2.45) is 5.92 Å². The van der Waals surface area contributed by atoms with E-state index in [1.807, 2.05) is 0 Å². The Bertz CT molecular complexity index is 396. The molecular formula is C11H14BrNO2S. The van der Waals surface area contributed by atoms with Gasteiger partial charge in [-0.3, -0.25) is 0 Å². The number of aromatic carboxylic acids is 1. The number of hydrogen-bond donors (Lipinski definition) is 1. The normalized spacial score (nSPS) is 12.8. The fourth-order valence-electron chi connectivity index (χ4n) is 0.986. The van der Waals surface area contributed by atoms with Crippen molar-refractivity contribution in [2.45, 2.75) is 31.0 Å². The van der Waals surface area contributed by atoms with Crippen LogP contribution in [0.2, 0.25) is 0 Å². The largest absolute Gasteiger partial charge is 0.478 e. The molecule has 0 saturated heterocycles. The van der Waals surface area contributed by atoms with Gasteiger partial charge in [-0.2, -0.15) is 0 Å². The number of rotatable bonds is 4. The maximum atomic E-state index is 11.1. The smallest absolute Gasteiger partial charge is 0.338 e. The second-order valence-electron chi connectivity index (χ2n) is 3.88. The third kappa shape index (κ3) is 3.49. The van der Waals surface area contributed by atoms with Crippen LogP contribution in [0.15, 0.2) is 21.8 Å². The molecule has 0 spiro atoms. The molecule has 0 aliphatic rings. The average molecular weight is 304 g/mol. The quantitative estimate of drug-likeness (QED) is 0.862. The Labute approximate surface area is 108 Å². The van der Waals surface area contributed by atoms with Gasteiger partial charge in [-0.25, -0.2) is 9.78 Å². The number of carbonyl (C=O) groups is 1. The molecular weight excluding hydrogens is 290 g/mol. The SMILES string of the molecule is CC(C)C(C)Sc1ncc(Br)cc1C(=O)O. The molecule has 0 amide bonds. The molecule has 1 rings (SSSR count). The van der Waals surface area contributed by atoms with Crippen molar-refractivity contribution in [1.82, 2.24) is 4.98 Å². The van der Waals surface area contributed by atoms with Gasteiger partial charge in [-0.05, 0) is 27.9 Å². The van der Waals surface area contributed by atoms with Crippen molar-refractivity contribution >= 4 is 33.7 Å². The Morgan fingerprint density at radius 3 is 2.62 bits per heavy atom. The van der Waals surface area contributed by atoms with Crippen LogP contribution < -0.4 is 0 Å². The Kier molecular flexibility index (Phi) is 4.80. The summed E-state index contributed by atoms with van der Waals surface area (Å²) in [6.45, 7) is 6.29. The van der Waals surface area contributed by atoms with Crippen molar-refractivity contribution in [3.8, 4) is 0 Å². The lowest BCUT2D eigenvalue weighted by Gasteiger charge is -2.15. The summed E-state index contributed by atoms with van der Waals surface area (Å²) < 4.78 is 0.687. The minimum atomic E-state index is -0.938. The second kappa shape index (κ2) is 5.68. The molecule has 0 saturated carbocycles. The standard InChI is InChI=1S/C11H14BrNO2S/c1-6(2)7(3)16-10-9(11(14)15)4-8(12)5-13-10/h4-7H,1-3H3,(H,14,15). The molecule has 1 heterocycles. The zero-order chi connectivity index (χ0) is 12.3. The third-order valence-corrected chi connectivity index (χ3v) is 4.18. The van der Waals surface area contributed by atoms with Gasteiger partial charge in [0.1, 0.15) is 5.03 Å². The van der Waals surface area contributed by atoms with Gasteiger partial charge in [0.05, 0.1) is 5.56 Å². The van der Waals surface area contributed by atoms with Crippen molar-refractivity contribution in [3.05, 3.63) is 22.3 Å². The topological polar surface area (TPSA) is 50.2 Å². The number of halogens is 1. The summed E-state index contributed by atoms with van der Waals surface area (Å²) in [5, 5.41) is 9.99. The van der Waals surface area contributed by atoms with Crippen LogP contribution in [0.1, 0.15) is 31.1 Å². The number of carboxylic acids is 1. The minimum Gasteiger partial charge on any atom is -0.478 e. The lowest BCUT2D eigenvalue weighted by Crippen LogP contribution is -2.08. The summed E-state index contributed by atoms with van der Waals surface area (Å²) in [4.78, 5) is 15.2. The zero-order valence-electron chi connectivity index (χ0n) is 9.40. The van der Waals surface area contributed by atoms with E-state index in [1.165, 1.54) is 11.8 Å². The molecule has 0 fully saturated rings. The predicted molar refractivity (Wildman–Crippen MR) is 69.1 cm³/mol. The van der Waals surface area contributed by atoms with Gasteiger partial charge in [0.2, 0.25) is 0 Å². The number of nitrogens with zero attached hydrogens (tertiary/aromatic N) is 1. The molecule has 0 bridgehead atoms. The number of pyridine rings is 1. The monoisotopic (exact) mass is 303 g/mol. The summed E-state index contributed by atoms with van der Waals surface area (Å²) >= 11 is 4.73. The van der Waals surface area contributed by atoms with E-state index in [2.05, 4.69) is 41.7 Å². The van der Waals surface area contributed by atoms with E-state index in [0.717, 1.165) is 0 Å². The van der Waals surface area contributed by atoms with Crippen LogP contribution in [0.3, 0.4) is 0 Å². The van der Waals surface area contributed by atoms with Gasteiger partial charge >= 0.3 is 5.97 Å². The van der Waals surface area contributed by atoms with Gasteiger partial charge in [0.25, 0.3) is 0 Å². The van der Waals surface area contributed by atoms with Gasteiger partial charge in [-0.1, -0.05) is 20.8 Å². The van der Waals surface area contributed by atoms with Gasteiger partial charge in [0.15, 0.2) is 0 Å². The van der Waals surface area contributed by atoms with E-state index in [4.69, 9.17) is 5.11 Å². The molecule has 1 N–H and O–H groups in total. The van der Waals surface area contributed by atoms with Crippen molar-refractivity contribution in [3.63, 3.8) is 0 Å². The van der Waals surface area contributed by atoms with E-state index >= 15 is 0 Å².